The molecular formula is C18H23N3O. The average Bonchev–Trinajstić information content (AvgIpc) is 2.83. The third-order valence-electron chi connectivity index (χ3n) is 3.41. The van der Waals surface area contributed by atoms with E-state index in [-0.39, 0.29) is 6.04 Å². The molecule has 0 aliphatic rings. The number of hydrogen-bond acceptors (Lipinski definition) is 3. The molecule has 0 amide bonds. The van der Waals surface area contributed by atoms with Gasteiger partial charge in [-0.3, -0.25) is 0 Å². The molecule has 0 spiro atoms. The molecule has 1 heterocycles. The number of hydrogen-bond donors (Lipinski definition) is 1. The highest BCUT2D eigenvalue weighted by Gasteiger charge is 2.11. The summed E-state index contributed by atoms with van der Waals surface area (Å²) in [6.45, 7) is 8.70. The van der Waals surface area contributed by atoms with E-state index in [4.69, 9.17) is 10.5 Å². The number of para-hydroxylation sites is 2. The predicted octanol–water partition coefficient (Wildman–Crippen LogP) is 3.33. The van der Waals surface area contributed by atoms with Crippen LogP contribution in [0.4, 0.5) is 0 Å². The van der Waals surface area contributed by atoms with E-state index in [0.717, 1.165) is 22.6 Å². The minimum Gasteiger partial charge on any atom is -0.492 e. The van der Waals surface area contributed by atoms with Gasteiger partial charge in [-0.1, -0.05) is 30.9 Å². The number of fused-ring (bicyclic) bond motifs is 1. The molecule has 0 fully saturated rings. The number of imidazole rings is 1. The maximum Gasteiger partial charge on any atom is 0.115 e. The highest BCUT2D eigenvalue weighted by Crippen LogP contribution is 2.15. The van der Waals surface area contributed by atoms with Gasteiger partial charge in [-0.05, 0) is 38.1 Å². The van der Waals surface area contributed by atoms with Crippen molar-refractivity contribution in [2.24, 2.45) is 5.73 Å². The quantitative estimate of drug-likeness (QED) is 0.630. The van der Waals surface area contributed by atoms with E-state index < -0.39 is 0 Å². The zero-order valence-corrected chi connectivity index (χ0v) is 13.2. The Labute approximate surface area is 131 Å². The van der Waals surface area contributed by atoms with E-state index >= 15 is 0 Å². The van der Waals surface area contributed by atoms with Crippen LogP contribution >= 0.6 is 0 Å². The van der Waals surface area contributed by atoms with E-state index in [1.54, 1.807) is 6.08 Å². The van der Waals surface area contributed by atoms with Gasteiger partial charge >= 0.3 is 0 Å². The summed E-state index contributed by atoms with van der Waals surface area (Å²) >= 11 is 0. The van der Waals surface area contributed by atoms with Crippen molar-refractivity contribution in [1.82, 2.24) is 9.55 Å². The van der Waals surface area contributed by atoms with Crippen molar-refractivity contribution in [2.75, 3.05) is 6.61 Å². The molecule has 1 aromatic heterocycles. The normalized spacial score (nSPS) is 13.7. The van der Waals surface area contributed by atoms with E-state index in [1.165, 1.54) is 0 Å². The van der Waals surface area contributed by atoms with Crippen LogP contribution in [-0.4, -0.2) is 22.2 Å². The van der Waals surface area contributed by atoms with Crippen molar-refractivity contribution in [3.63, 3.8) is 0 Å². The number of aryl methyl sites for hydroxylation is 1. The first-order chi connectivity index (χ1) is 10.7. The summed E-state index contributed by atoms with van der Waals surface area (Å²) in [5.41, 5.74) is 8.31. The Bertz CT molecular complexity index is 697. The van der Waals surface area contributed by atoms with Crippen molar-refractivity contribution in [3.05, 3.63) is 66.7 Å². The molecule has 4 heteroatoms. The molecule has 0 bridgehead atoms. The molecular weight excluding hydrogens is 274 g/mol. The Hall–Kier alpha value is -2.33. The minimum absolute atomic E-state index is 0.108. The molecule has 22 heavy (non-hydrogen) atoms. The highest BCUT2D eigenvalue weighted by molar-refractivity contribution is 5.75. The van der Waals surface area contributed by atoms with E-state index in [1.807, 2.05) is 50.3 Å². The summed E-state index contributed by atoms with van der Waals surface area (Å²) in [6.07, 6.45) is 7.34. The second kappa shape index (κ2) is 7.61. The molecule has 0 aliphatic heterocycles. The zero-order chi connectivity index (χ0) is 15.9. The van der Waals surface area contributed by atoms with Gasteiger partial charge in [0.1, 0.15) is 18.2 Å². The molecule has 116 valence electrons. The molecule has 1 unspecified atom stereocenters. The number of rotatable bonds is 7. The number of nitrogens with two attached hydrogens (primary N) is 1. The van der Waals surface area contributed by atoms with Crippen LogP contribution in [0.2, 0.25) is 0 Å². The van der Waals surface area contributed by atoms with Crippen LogP contribution in [0.25, 0.3) is 11.0 Å². The smallest absolute Gasteiger partial charge is 0.115 e. The summed E-state index contributed by atoms with van der Waals surface area (Å²) in [5.74, 6) is 1.76. The van der Waals surface area contributed by atoms with Crippen molar-refractivity contribution in [1.29, 1.82) is 0 Å². The Morgan fingerprint density at radius 3 is 2.95 bits per heavy atom. The van der Waals surface area contributed by atoms with Crippen LogP contribution in [-0.2, 0) is 11.3 Å². The minimum atomic E-state index is -0.108. The van der Waals surface area contributed by atoms with Crippen LogP contribution in [0.5, 0.6) is 0 Å². The fourth-order valence-corrected chi connectivity index (χ4v) is 2.31. The molecule has 2 aromatic rings. The number of aromatic nitrogens is 2. The summed E-state index contributed by atoms with van der Waals surface area (Å²) < 4.78 is 7.86. The SMILES string of the molecule is C=C/C=C\C(=C/C)OCC(N)Cn1c(C)nc2ccccc21. The van der Waals surface area contributed by atoms with E-state index in [0.29, 0.717) is 13.2 Å². The Morgan fingerprint density at radius 1 is 1.45 bits per heavy atom. The van der Waals surface area contributed by atoms with Crippen molar-refractivity contribution in [3.8, 4) is 0 Å². The fraction of sp³-hybridized carbons (Fsp3) is 0.278. The fourth-order valence-electron chi connectivity index (χ4n) is 2.31. The Kier molecular flexibility index (Phi) is 5.55. The van der Waals surface area contributed by atoms with Gasteiger partial charge in [-0.15, -0.1) is 0 Å². The van der Waals surface area contributed by atoms with Gasteiger partial charge in [0.2, 0.25) is 0 Å². The topological polar surface area (TPSA) is 53.1 Å². The number of allylic oxidation sites excluding steroid dienone is 4. The van der Waals surface area contributed by atoms with Gasteiger partial charge in [0, 0.05) is 6.54 Å². The summed E-state index contributed by atoms with van der Waals surface area (Å²) in [6, 6.07) is 7.97. The van der Waals surface area contributed by atoms with Crippen molar-refractivity contribution >= 4 is 11.0 Å². The third kappa shape index (κ3) is 3.86. The average molecular weight is 297 g/mol. The van der Waals surface area contributed by atoms with Gasteiger partial charge in [0.05, 0.1) is 17.1 Å². The van der Waals surface area contributed by atoms with Gasteiger partial charge in [0.15, 0.2) is 0 Å². The van der Waals surface area contributed by atoms with Crippen LogP contribution in [0, 0.1) is 6.92 Å². The van der Waals surface area contributed by atoms with Crippen LogP contribution < -0.4 is 5.73 Å². The number of nitrogens with zero attached hydrogens (tertiary/aromatic N) is 2. The molecule has 4 nitrogen and oxygen atoms in total. The maximum atomic E-state index is 6.21. The van der Waals surface area contributed by atoms with Gasteiger partial charge in [-0.2, -0.15) is 0 Å². The molecule has 0 saturated carbocycles. The lowest BCUT2D eigenvalue weighted by Gasteiger charge is -2.16. The Balaban J connectivity index is 2.02. The lowest BCUT2D eigenvalue weighted by molar-refractivity contribution is 0.196. The van der Waals surface area contributed by atoms with Crippen molar-refractivity contribution < 1.29 is 4.74 Å². The molecule has 2 rings (SSSR count). The number of ether oxygens (including phenoxy) is 1. The number of benzene rings is 1. The summed E-state index contributed by atoms with van der Waals surface area (Å²) in [7, 11) is 0. The molecule has 1 atom stereocenters. The van der Waals surface area contributed by atoms with Gasteiger partial charge in [0.25, 0.3) is 0 Å². The maximum absolute atomic E-state index is 6.21. The molecule has 0 radical (unpaired) electrons. The highest BCUT2D eigenvalue weighted by atomic mass is 16.5. The lowest BCUT2D eigenvalue weighted by Crippen LogP contribution is -2.31. The standard InChI is InChI=1S/C18H23N3O/c1-4-6-9-16(5-2)22-13-15(19)12-21-14(3)20-17-10-7-8-11-18(17)21/h4-11,15H,1,12-13,19H2,2-3H3/b9-6-,16-5+. The first-order valence-electron chi connectivity index (χ1n) is 7.41. The zero-order valence-electron chi connectivity index (χ0n) is 13.2. The Morgan fingerprint density at radius 2 is 2.23 bits per heavy atom. The molecule has 0 saturated heterocycles. The van der Waals surface area contributed by atoms with Crippen LogP contribution in [0.1, 0.15) is 12.7 Å². The van der Waals surface area contributed by atoms with Crippen LogP contribution in [0.15, 0.2) is 60.9 Å². The molecule has 2 N–H and O–H groups in total. The summed E-state index contributed by atoms with van der Waals surface area (Å²) in [5, 5.41) is 0. The second-order valence-corrected chi connectivity index (χ2v) is 5.12. The predicted molar refractivity (Wildman–Crippen MR) is 91.5 cm³/mol. The summed E-state index contributed by atoms with van der Waals surface area (Å²) in [4.78, 5) is 4.55. The van der Waals surface area contributed by atoms with E-state index in [2.05, 4.69) is 22.2 Å². The second-order valence-electron chi connectivity index (χ2n) is 5.12. The monoisotopic (exact) mass is 297 g/mol. The first-order valence-corrected chi connectivity index (χ1v) is 7.41. The molecule has 0 aliphatic carbocycles. The largest absolute Gasteiger partial charge is 0.492 e. The third-order valence-corrected chi connectivity index (χ3v) is 3.41. The first kappa shape index (κ1) is 16.0. The molecule has 1 aromatic carbocycles. The van der Waals surface area contributed by atoms with Crippen molar-refractivity contribution in [2.45, 2.75) is 26.4 Å². The van der Waals surface area contributed by atoms with Crippen LogP contribution in [0.3, 0.4) is 0 Å². The van der Waals surface area contributed by atoms with Gasteiger partial charge < -0.3 is 15.0 Å². The van der Waals surface area contributed by atoms with Gasteiger partial charge in [-0.25, -0.2) is 4.98 Å². The lowest BCUT2D eigenvalue weighted by atomic mass is 10.3. The van der Waals surface area contributed by atoms with E-state index in [9.17, 15) is 0 Å².